The summed E-state index contributed by atoms with van der Waals surface area (Å²) in [5.74, 6) is 2.02. The number of benzene rings is 1. The molecule has 0 bridgehead atoms. The first kappa shape index (κ1) is 20.0. The molecule has 0 aliphatic heterocycles. The highest BCUT2D eigenvalue weighted by atomic mass is 127. The number of rotatable bonds is 7. The SMILES string of the molecule is Cc1ccc(OC(C)CN=C(N)NCCC(C)C)cc1.I. The fraction of sp³-hybridized carbons (Fsp3) is 0.562. The quantitative estimate of drug-likeness (QED) is 0.416. The highest BCUT2D eigenvalue weighted by molar-refractivity contribution is 14.0. The lowest BCUT2D eigenvalue weighted by Gasteiger charge is -2.13. The zero-order valence-electron chi connectivity index (χ0n) is 13.4. The molecule has 0 saturated heterocycles. The third kappa shape index (κ3) is 9.55. The van der Waals surface area contributed by atoms with E-state index < -0.39 is 0 Å². The fourth-order valence-corrected chi connectivity index (χ4v) is 1.66. The van der Waals surface area contributed by atoms with Crippen LogP contribution in [0.15, 0.2) is 29.3 Å². The van der Waals surface area contributed by atoms with Gasteiger partial charge in [-0.2, -0.15) is 0 Å². The van der Waals surface area contributed by atoms with E-state index in [-0.39, 0.29) is 30.1 Å². The molecule has 0 spiro atoms. The number of guanidine groups is 1. The van der Waals surface area contributed by atoms with Gasteiger partial charge in [0.25, 0.3) is 0 Å². The Morgan fingerprint density at radius 2 is 1.86 bits per heavy atom. The van der Waals surface area contributed by atoms with E-state index in [9.17, 15) is 0 Å². The van der Waals surface area contributed by atoms with Crippen molar-refractivity contribution < 1.29 is 4.74 Å². The van der Waals surface area contributed by atoms with Gasteiger partial charge in [0, 0.05) is 6.54 Å². The van der Waals surface area contributed by atoms with Crippen LogP contribution >= 0.6 is 24.0 Å². The maximum Gasteiger partial charge on any atom is 0.188 e. The van der Waals surface area contributed by atoms with Gasteiger partial charge in [0.1, 0.15) is 11.9 Å². The van der Waals surface area contributed by atoms with Gasteiger partial charge in [-0.1, -0.05) is 31.5 Å². The highest BCUT2D eigenvalue weighted by Crippen LogP contribution is 2.13. The predicted molar refractivity (Wildman–Crippen MR) is 101 cm³/mol. The van der Waals surface area contributed by atoms with Crippen LogP contribution in [-0.2, 0) is 0 Å². The van der Waals surface area contributed by atoms with Crippen molar-refractivity contribution >= 4 is 29.9 Å². The van der Waals surface area contributed by atoms with Gasteiger partial charge >= 0.3 is 0 Å². The Labute approximate surface area is 145 Å². The van der Waals surface area contributed by atoms with E-state index in [0.717, 1.165) is 18.7 Å². The van der Waals surface area contributed by atoms with Crippen LogP contribution in [0, 0.1) is 12.8 Å². The van der Waals surface area contributed by atoms with E-state index in [4.69, 9.17) is 10.5 Å². The van der Waals surface area contributed by atoms with Crippen molar-refractivity contribution in [3.05, 3.63) is 29.8 Å². The molecule has 0 aliphatic rings. The Kier molecular flexibility index (Phi) is 10.2. The molecule has 4 nitrogen and oxygen atoms in total. The van der Waals surface area contributed by atoms with E-state index >= 15 is 0 Å². The molecule has 0 saturated carbocycles. The molecule has 0 aromatic heterocycles. The van der Waals surface area contributed by atoms with Crippen molar-refractivity contribution in [2.75, 3.05) is 13.1 Å². The molecule has 1 rings (SSSR count). The second-order valence-electron chi connectivity index (χ2n) is 5.58. The first-order chi connectivity index (χ1) is 9.47. The Morgan fingerprint density at radius 1 is 1.24 bits per heavy atom. The van der Waals surface area contributed by atoms with Crippen molar-refractivity contribution in [3.8, 4) is 5.75 Å². The first-order valence-electron chi connectivity index (χ1n) is 7.24. The molecule has 0 aliphatic carbocycles. The minimum absolute atomic E-state index is 0. The fourth-order valence-electron chi connectivity index (χ4n) is 1.66. The zero-order chi connectivity index (χ0) is 15.0. The summed E-state index contributed by atoms with van der Waals surface area (Å²) in [5, 5.41) is 3.11. The zero-order valence-corrected chi connectivity index (χ0v) is 15.8. The highest BCUT2D eigenvalue weighted by Gasteiger charge is 2.03. The van der Waals surface area contributed by atoms with Crippen molar-refractivity contribution in [1.29, 1.82) is 0 Å². The van der Waals surface area contributed by atoms with Gasteiger partial charge in [0.05, 0.1) is 6.54 Å². The van der Waals surface area contributed by atoms with Crippen LogP contribution in [0.2, 0.25) is 0 Å². The molecule has 0 amide bonds. The number of nitrogens with two attached hydrogens (primary N) is 1. The van der Waals surface area contributed by atoms with Crippen molar-refractivity contribution in [2.24, 2.45) is 16.6 Å². The smallest absolute Gasteiger partial charge is 0.188 e. The molecule has 5 heteroatoms. The number of aryl methyl sites for hydroxylation is 1. The number of nitrogens with one attached hydrogen (secondary N) is 1. The van der Waals surface area contributed by atoms with E-state index in [2.05, 4.69) is 31.1 Å². The summed E-state index contributed by atoms with van der Waals surface area (Å²) in [6.07, 6.45) is 1.09. The molecule has 120 valence electrons. The van der Waals surface area contributed by atoms with Crippen LogP contribution in [0.3, 0.4) is 0 Å². The maximum absolute atomic E-state index is 5.80. The lowest BCUT2D eigenvalue weighted by molar-refractivity contribution is 0.230. The van der Waals surface area contributed by atoms with Crippen LogP contribution in [-0.4, -0.2) is 25.2 Å². The average Bonchev–Trinajstić information content (AvgIpc) is 2.39. The molecule has 1 unspecified atom stereocenters. The predicted octanol–water partition coefficient (Wildman–Crippen LogP) is 3.33. The third-order valence-electron chi connectivity index (χ3n) is 2.90. The number of hydrogen-bond donors (Lipinski definition) is 2. The minimum atomic E-state index is 0. The summed E-state index contributed by atoms with van der Waals surface area (Å²) in [6, 6.07) is 8.01. The van der Waals surface area contributed by atoms with Gasteiger partial charge < -0.3 is 15.8 Å². The van der Waals surface area contributed by atoms with Crippen molar-refractivity contribution in [2.45, 2.75) is 40.2 Å². The number of hydrogen-bond acceptors (Lipinski definition) is 2. The Morgan fingerprint density at radius 3 is 2.43 bits per heavy atom. The van der Waals surface area contributed by atoms with Crippen LogP contribution in [0.1, 0.15) is 32.8 Å². The second kappa shape index (κ2) is 10.7. The molecular formula is C16H28IN3O. The minimum Gasteiger partial charge on any atom is -0.489 e. The van der Waals surface area contributed by atoms with Crippen LogP contribution in [0.25, 0.3) is 0 Å². The van der Waals surface area contributed by atoms with Crippen LogP contribution in [0.5, 0.6) is 5.75 Å². The first-order valence-corrected chi connectivity index (χ1v) is 7.24. The van der Waals surface area contributed by atoms with Gasteiger partial charge in [-0.3, -0.25) is 0 Å². The topological polar surface area (TPSA) is 59.6 Å². The molecule has 3 N–H and O–H groups in total. The molecule has 1 aromatic carbocycles. The average molecular weight is 405 g/mol. The molecule has 0 radical (unpaired) electrons. The summed E-state index contributed by atoms with van der Waals surface area (Å²) in [5.41, 5.74) is 7.03. The standard InChI is InChI=1S/C16H27N3O.HI/c1-12(2)9-10-18-16(17)19-11-14(4)20-15-7-5-13(3)6-8-15;/h5-8,12,14H,9-11H2,1-4H3,(H3,17,18,19);1H. The molecular weight excluding hydrogens is 377 g/mol. The summed E-state index contributed by atoms with van der Waals surface area (Å²) in [4.78, 5) is 4.29. The summed E-state index contributed by atoms with van der Waals surface area (Å²) >= 11 is 0. The third-order valence-corrected chi connectivity index (χ3v) is 2.90. The monoisotopic (exact) mass is 405 g/mol. The number of aliphatic imine (C=N–C) groups is 1. The van der Waals surface area contributed by atoms with Gasteiger partial charge in [0.15, 0.2) is 5.96 Å². The second-order valence-corrected chi connectivity index (χ2v) is 5.58. The molecule has 21 heavy (non-hydrogen) atoms. The normalized spacial score (nSPS) is 12.7. The maximum atomic E-state index is 5.80. The summed E-state index contributed by atoms with van der Waals surface area (Å²) in [7, 11) is 0. The van der Waals surface area contributed by atoms with E-state index in [0.29, 0.717) is 18.4 Å². The Balaban J connectivity index is 0.00000400. The number of ether oxygens (including phenoxy) is 1. The molecule has 0 heterocycles. The lowest BCUT2D eigenvalue weighted by Crippen LogP contribution is -2.34. The van der Waals surface area contributed by atoms with E-state index in [1.807, 2.05) is 31.2 Å². The van der Waals surface area contributed by atoms with Crippen molar-refractivity contribution in [1.82, 2.24) is 5.32 Å². The largest absolute Gasteiger partial charge is 0.489 e. The van der Waals surface area contributed by atoms with Crippen LogP contribution < -0.4 is 15.8 Å². The van der Waals surface area contributed by atoms with Crippen LogP contribution in [0.4, 0.5) is 0 Å². The van der Waals surface area contributed by atoms with Gasteiger partial charge in [-0.15, -0.1) is 24.0 Å². The summed E-state index contributed by atoms with van der Waals surface area (Å²) in [6.45, 7) is 9.83. The summed E-state index contributed by atoms with van der Waals surface area (Å²) < 4.78 is 5.77. The Hall–Kier alpha value is -0.980. The van der Waals surface area contributed by atoms with Crippen molar-refractivity contribution in [3.63, 3.8) is 0 Å². The number of nitrogens with zero attached hydrogens (tertiary/aromatic N) is 1. The van der Waals surface area contributed by atoms with E-state index in [1.165, 1.54) is 5.56 Å². The molecule has 0 fully saturated rings. The van der Waals surface area contributed by atoms with Gasteiger partial charge in [-0.05, 0) is 38.3 Å². The van der Waals surface area contributed by atoms with E-state index in [1.54, 1.807) is 0 Å². The lowest BCUT2D eigenvalue weighted by atomic mass is 10.1. The molecule has 1 aromatic rings. The van der Waals surface area contributed by atoms with Gasteiger partial charge in [-0.25, -0.2) is 4.99 Å². The Bertz CT molecular complexity index is 418. The molecule has 1 atom stereocenters. The van der Waals surface area contributed by atoms with Gasteiger partial charge in [0.2, 0.25) is 0 Å². The number of halogens is 1.